The quantitative estimate of drug-likeness (QED) is 0.645. The largest absolute Gasteiger partial charge is 0.216 e. The molecule has 1 saturated carbocycles. The van der Waals surface area contributed by atoms with Crippen molar-refractivity contribution in [2.24, 2.45) is 5.92 Å². The van der Waals surface area contributed by atoms with E-state index >= 15 is 0 Å². The minimum atomic E-state index is -2.87. The Bertz CT molecular complexity index is 263. The highest BCUT2D eigenvalue weighted by atomic mass is 32.2. The number of nitrogens with zero attached hydrogens (tertiary/aromatic N) is 1. The lowest BCUT2D eigenvalue weighted by Gasteiger charge is -2.40. The standard InChI is InChI=1S/C8H15NO2S/c1-7-5-9(6-7)12(10,11)8-3-2-4-8/h7-8H,2-6H2,1H3. The first-order valence-electron chi connectivity index (χ1n) is 4.59. The summed E-state index contributed by atoms with van der Waals surface area (Å²) < 4.78 is 25.0. The zero-order chi connectivity index (χ0) is 8.77. The number of rotatable bonds is 2. The Kier molecular flexibility index (Phi) is 1.92. The lowest BCUT2D eigenvalue weighted by molar-refractivity contribution is 0.212. The molecule has 1 aliphatic carbocycles. The second kappa shape index (κ2) is 2.70. The third-order valence-electron chi connectivity index (χ3n) is 2.86. The SMILES string of the molecule is CC1CN(S(=O)(=O)C2CCC2)C1. The number of hydrogen-bond acceptors (Lipinski definition) is 2. The van der Waals surface area contributed by atoms with E-state index in [-0.39, 0.29) is 5.25 Å². The normalized spacial score (nSPS) is 28.1. The molecule has 0 bridgehead atoms. The minimum absolute atomic E-state index is 0.0370. The van der Waals surface area contributed by atoms with E-state index in [1.54, 1.807) is 4.31 Å². The van der Waals surface area contributed by atoms with Gasteiger partial charge in [-0.3, -0.25) is 0 Å². The predicted molar refractivity (Wildman–Crippen MR) is 47.3 cm³/mol. The Morgan fingerprint density at radius 1 is 1.25 bits per heavy atom. The van der Waals surface area contributed by atoms with Crippen molar-refractivity contribution in [3.05, 3.63) is 0 Å². The van der Waals surface area contributed by atoms with E-state index in [1.165, 1.54) is 0 Å². The molecule has 0 aromatic carbocycles. The fourth-order valence-corrected chi connectivity index (χ4v) is 4.00. The van der Waals surface area contributed by atoms with Gasteiger partial charge in [-0.1, -0.05) is 13.3 Å². The summed E-state index contributed by atoms with van der Waals surface area (Å²) in [5, 5.41) is -0.0370. The summed E-state index contributed by atoms with van der Waals surface area (Å²) in [4.78, 5) is 0. The third-order valence-corrected chi connectivity index (χ3v) is 5.20. The number of sulfonamides is 1. The van der Waals surface area contributed by atoms with Crippen LogP contribution in [0.3, 0.4) is 0 Å². The van der Waals surface area contributed by atoms with Gasteiger partial charge in [-0.2, -0.15) is 0 Å². The molecule has 1 aliphatic heterocycles. The fraction of sp³-hybridized carbons (Fsp3) is 1.00. The summed E-state index contributed by atoms with van der Waals surface area (Å²) in [7, 11) is -2.87. The van der Waals surface area contributed by atoms with Gasteiger partial charge in [0.25, 0.3) is 0 Å². The third kappa shape index (κ3) is 1.17. The van der Waals surface area contributed by atoms with Gasteiger partial charge in [0.2, 0.25) is 10.0 Å². The van der Waals surface area contributed by atoms with Crippen molar-refractivity contribution in [2.75, 3.05) is 13.1 Å². The molecule has 1 heterocycles. The first kappa shape index (κ1) is 8.51. The smallest absolute Gasteiger partial charge is 0.212 e. The molecule has 12 heavy (non-hydrogen) atoms. The van der Waals surface area contributed by atoms with E-state index < -0.39 is 10.0 Å². The van der Waals surface area contributed by atoms with Crippen molar-refractivity contribution in [2.45, 2.75) is 31.4 Å². The summed E-state index contributed by atoms with van der Waals surface area (Å²) in [6.07, 6.45) is 2.85. The maximum atomic E-state index is 11.7. The molecule has 2 aliphatic rings. The minimum Gasteiger partial charge on any atom is -0.212 e. The van der Waals surface area contributed by atoms with Crippen LogP contribution in [0.1, 0.15) is 26.2 Å². The van der Waals surface area contributed by atoms with E-state index in [9.17, 15) is 8.42 Å². The van der Waals surface area contributed by atoms with Crippen LogP contribution in [0.2, 0.25) is 0 Å². The second-order valence-electron chi connectivity index (χ2n) is 4.02. The van der Waals surface area contributed by atoms with Crippen molar-refractivity contribution in [1.29, 1.82) is 0 Å². The molecular weight excluding hydrogens is 174 g/mol. The maximum Gasteiger partial charge on any atom is 0.216 e. The molecule has 0 atom stereocenters. The molecule has 0 radical (unpaired) electrons. The zero-order valence-corrected chi connectivity index (χ0v) is 8.18. The van der Waals surface area contributed by atoms with Crippen LogP contribution in [-0.2, 0) is 10.0 Å². The Morgan fingerprint density at radius 3 is 2.17 bits per heavy atom. The Hall–Kier alpha value is -0.0900. The zero-order valence-electron chi connectivity index (χ0n) is 7.36. The van der Waals surface area contributed by atoms with Crippen LogP contribution in [-0.4, -0.2) is 31.1 Å². The van der Waals surface area contributed by atoms with Crippen molar-refractivity contribution in [1.82, 2.24) is 4.31 Å². The second-order valence-corrected chi connectivity index (χ2v) is 6.23. The van der Waals surface area contributed by atoms with Gasteiger partial charge in [0.1, 0.15) is 0 Å². The van der Waals surface area contributed by atoms with Gasteiger partial charge >= 0.3 is 0 Å². The van der Waals surface area contributed by atoms with Crippen molar-refractivity contribution >= 4 is 10.0 Å². The van der Waals surface area contributed by atoms with Crippen LogP contribution in [0, 0.1) is 5.92 Å². The van der Waals surface area contributed by atoms with Crippen molar-refractivity contribution in [3.8, 4) is 0 Å². The van der Waals surface area contributed by atoms with Crippen LogP contribution < -0.4 is 0 Å². The molecule has 70 valence electrons. The summed E-state index contributed by atoms with van der Waals surface area (Å²) in [5.74, 6) is 0.569. The van der Waals surface area contributed by atoms with E-state index in [0.29, 0.717) is 5.92 Å². The van der Waals surface area contributed by atoms with Crippen molar-refractivity contribution in [3.63, 3.8) is 0 Å². The van der Waals surface area contributed by atoms with Gasteiger partial charge in [-0.25, -0.2) is 12.7 Å². The molecule has 2 fully saturated rings. The Labute approximate surface area is 73.8 Å². The molecule has 0 aromatic rings. The lowest BCUT2D eigenvalue weighted by atomic mass is 10.00. The Balaban J connectivity index is 2.01. The molecule has 2 rings (SSSR count). The molecule has 0 unspecified atom stereocenters. The maximum absolute atomic E-state index is 11.7. The summed E-state index contributed by atoms with van der Waals surface area (Å²) in [6, 6.07) is 0. The van der Waals surface area contributed by atoms with E-state index in [4.69, 9.17) is 0 Å². The highest BCUT2D eigenvalue weighted by Crippen LogP contribution is 2.31. The Morgan fingerprint density at radius 2 is 1.83 bits per heavy atom. The van der Waals surface area contributed by atoms with Crippen LogP contribution >= 0.6 is 0 Å². The van der Waals surface area contributed by atoms with Crippen LogP contribution in [0.25, 0.3) is 0 Å². The van der Waals surface area contributed by atoms with Crippen LogP contribution in [0.15, 0.2) is 0 Å². The van der Waals surface area contributed by atoms with Gasteiger partial charge in [-0.05, 0) is 18.8 Å². The van der Waals surface area contributed by atoms with E-state index in [0.717, 1.165) is 32.4 Å². The van der Waals surface area contributed by atoms with Crippen molar-refractivity contribution < 1.29 is 8.42 Å². The first-order chi connectivity index (χ1) is 5.60. The van der Waals surface area contributed by atoms with Gasteiger partial charge in [0.05, 0.1) is 5.25 Å². The predicted octanol–water partition coefficient (Wildman–Crippen LogP) is 0.820. The summed E-state index contributed by atoms with van der Waals surface area (Å²) in [5.41, 5.74) is 0. The average Bonchev–Trinajstić information content (AvgIpc) is 1.75. The van der Waals surface area contributed by atoms with Gasteiger partial charge in [0.15, 0.2) is 0 Å². The topological polar surface area (TPSA) is 37.4 Å². The van der Waals surface area contributed by atoms with E-state index in [1.807, 2.05) is 0 Å². The highest BCUT2D eigenvalue weighted by molar-refractivity contribution is 7.89. The molecule has 4 heteroatoms. The van der Waals surface area contributed by atoms with Gasteiger partial charge in [0, 0.05) is 13.1 Å². The van der Waals surface area contributed by atoms with Gasteiger partial charge < -0.3 is 0 Å². The number of hydrogen-bond donors (Lipinski definition) is 0. The molecule has 1 saturated heterocycles. The molecule has 0 N–H and O–H groups in total. The van der Waals surface area contributed by atoms with Gasteiger partial charge in [-0.15, -0.1) is 0 Å². The average molecular weight is 189 g/mol. The highest BCUT2D eigenvalue weighted by Gasteiger charge is 2.40. The van der Waals surface area contributed by atoms with E-state index in [2.05, 4.69) is 6.92 Å². The molecule has 0 spiro atoms. The molecule has 0 amide bonds. The fourth-order valence-electron chi connectivity index (χ4n) is 1.73. The lowest BCUT2D eigenvalue weighted by Crippen LogP contribution is -2.53. The van der Waals surface area contributed by atoms with Crippen LogP contribution in [0.4, 0.5) is 0 Å². The summed E-state index contributed by atoms with van der Waals surface area (Å²) >= 11 is 0. The van der Waals surface area contributed by atoms with Crippen LogP contribution in [0.5, 0.6) is 0 Å². The summed E-state index contributed by atoms with van der Waals surface area (Å²) in [6.45, 7) is 3.59. The molecule has 3 nitrogen and oxygen atoms in total. The monoisotopic (exact) mass is 189 g/mol. The molecular formula is C8H15NO2S. The molecule has 0 aromatic heterocycles. The first-order valence-corrected chi connectivity index (χ1v) is 6.10.